The lowest BCUT2D eigenvalue weighted by Gasteiger charge is -2.41. The number of carbonyl (C=O) groups is 2. The molecule has 0 spiro atoms. The Bertz CT molecular complexity index is 978. The van der Waals surface area contributed by atoms with Gasteiger partial charge >= 0.3 is 0 Å². The van der Waals surface area contributed by atoms with Crippen LogP contribution in [0.25, 0.3) is 0 Å². The average molecular weight is 464 g/mol. The van der Waals surface area contributed by atoms with E-state index >= 15 is 0 Å². The predicted octanol–water partition coefficient (Wildman–Crippen LogP) is 3.68. The molecule has 1 atom stereocenters. The molecule has 0 aromatic heterocycles. The highest BCUT2D eigenvalue weighted by Gasteiger charge is 2.37. The van der Waals surface area contributed by atoms with Crippen molar-refractivity contribution in [2.45, 2.75) is 45.1 Å². The molecule has 1 saturated carbocycles. The maximum atomic E-state index is 13.4. The number of nitrogens with zero attached hydrogens (tertiary/aromatic N) is 2. The number of hydrogen-bond acceptors (Lipinski definition) is 4. The third-order valence-electron chi connectivity index (χ3n) is 7.37. The number of rotatable bonds is 8. The van der Waals surface area contributed by atoms with Crippen LogP contribution in [0, 0.1) is 12.8 Å². The molecule has 2 fully saturated rings. The lowest BCUT2D eigenvalue weighted by molar-refractivity contribution is -0.129. The number of para-hydroxylation sites is 1. The van der Waals surface area contributed by atoms with Crippen molar-refractivity contribution in [2.24, 2.45) is 5.92 Å². The van der Waals surface area contributed by atoms with Crippen molar-refractivity contribution in [1.29, 1.82) is 0 Å². The van der Waals surface area contributed by atoms with E-state index in [1.54, 1.807) is 7.11 Å². The zero-order chi connectivity index (χ0) is 23.9. The number of amides is 2. The van der Waals surface area contributed by atoms with Crippen molar-refractivity contribution in [1.82, 2.24) is 15.1 Å². The van der Waals surface area contributed by atoms with E-state index in [4.69, 9.17) is 4.74 Å². The van der Waals surface area contributed by atoms with Gasteiger partial charge in [-0.25, -0.2) is 0 Å². The normalized spacial score (nSPS) is 18.0. The van der Waals surface area contributed by atoms with Gasteiger partial charge < -0.3 is 15.0 Å². The van der Waals surface area contributed by atoms with E-state index in [0.717, 1.165) is 54.8 Å². The summed E-state index contributed by atoms with van der Waals surface area (Å²) in [5, 5.41) is 3.21. The maximum Gasteiger partial charge on any atom is 0.254 e. The molecule has 1 N–H and O–H groups in total. The van der Waals surface area contributed by atoms with Gasteiger partial charge in [0, 0.05) is 38.3 Å². The number of ether oxygens (including phenoxy) is 1. The van der Waals surface area contributed by atoms with Crippen LogP contribution in [0.1, 0.15) is 47.2 Å². The Hall–Kier alpha value is -2.86. The lowest BCUT2D eigenvalue weighted by atomic mass is 9.94. The molecule has 4 rings (SSSR count). The van der Waals surface area contributed by atoms with E-state index in [1.165, 1.54) is 12.8 Å². The van der Waals surface area contributed by atoms with Crippen LogP contribution in [0.15, 0.2) is 48.5 Å². The van der Waals surface area contributed by atoms with Crippen molar-refractivity contribution < 1.29 is 14.3 Å². The van der Waals surface area contributed by atoms with Gasteiger partial charge in [-0.15, -0.1) is 0 Å². The fourth-order valence-corrected chi connectivity index (χ4v) is 5.47. The Morgan fingerprint density at radius 1 is 1.00 bits per heavy atom. The SMILES string of the molecule is COc1ccccc1CCNC(=O)[C@H](C1CCCC1)N1CCN(C(=O)c2ccccc2C)CC1. The van der Waals surface area contributed by atoms with E-state index in [0.29, 0.717) is 25.6 Å². The van der Waals surface area contributed by atoms with Crippen LogP contribution in [0.4, 0.5) is 0 Å². The van der Waals surface area contributed by atoms with Crippen molar-refractivity contribution in [3.63, 3.8) is 0 Å². The van der Waals surface area contributed by atoms with E-state index in [2.05, 4.69) is 10.2 Å². The van der Waals surface area contributed by atoms with Crippen LogP contribution in [-0.4, -0.2) is 67.5 Å². The smallest absolute Gasteiger partial charge is 0.254 e. The van der Waals surface area contributed by atoms with Crippen LogP contribution < -0.4 is 10.1 Å². The summed E-state index contributed by atoms with van der Waals surface area (Å²) in [6.07, 6.45) is 5.34. The van der Waals surface area contributed by atoms with Gasteiger partial charge in [-0.2, -0.15) is 0 Å². The largest absolute Gasteiger partial charge is 0.496 e. The monoisotopic (exact) mass is 463 g/mol. The van der Waals surface area contributed by atoms with Crippen LogP contribution in [0.3, 0.4) is 0 Å². The Kier molecular flexibility index (Phi) is 8.22. The first-order valence-electron chi connectivity index (χ1n) is 12.6. The number of carbonyl (C=O) groups excluding carboxylic acids is 2. The minimum absolute atomic E-state index is 0.0939. The Morgan fingerprint density at radius 2 is 1.68 bits per heavy atom. The molecular formula is C28H37N3O3. The molecule has 1 saturated heterocycles. The van der Waals surface area contributed by atoms with Crippen LogP contribution in [-0.2, 0) is 11.2 Å². The summed E-state index contributed by atoms with van der Waals surface area (Å²) in [7, 11) is 1.68. The summed E-state index contributed by atoms with van der Waals surface area (Å²) >= 11 is 0. The molecule has 2 aromatic carbocycles. The summed E-state index contributed by atoms with van der Waals surface area (Å²) < 4.78 is 5.44. The zero-order valence-corrected chi connectivity index (χ0v) is 20.5. The van der Waals surface area contributed by atoms with Crippen molar-refractivity contribution >= 4 is 11.8 Å². The van der Waals surface area contributed by atoms with Gasteiger partial charge in [0.2, 0.25) is 5.91 Å². The average Bonchev–Trinajstić information content (AvgIpc) is 3.39. The Balaban J connectivity index is 1.36. The fraction of sp³-hybridized carbons (Fsp3) is 0.500. The molecule has 1 heterocycles. The second kappa shape index (κ2) is 11.5. The van der Waals surface area contributed by atoms with Gasteiger partial charge in [-0.3, -0.25) is 14.5 Å². The molecule has 1 aliphatic heterocycles. The molecular weight excluding hydrogens is 426 g/mol. The summed E-state index contributed by atoms with van der Waals surface area (Å²) in [5.41, 5.74) is 2.89. The van der Waals surface area contributed by atoms with E-state index in [9.17, 15) is 9.59 Å². The van der Waals surface area contributed by atoms with Gasteiger partial charge in [-0.05, 0) is 55.4 Å². The van der Waals surface area contributed by atoms with Gasteiger partial charge in [0.15, 0.2) is 0 Å². The van der Waals surface area contributed by atoms with E-state index < -0.39 is 0 Å². The van der Waals surface area contributed by atoms with E-state index in [-0.39, 0.29) is 17.9 Å². The summed E-state index contributed by atoms with van der Waals surface area (Å²) in [6, 6.07) is 15.6. The molecule has 6 heteroatoms. The first-order chi connectivity index (χ1) is 16.6. The van der Waals surface area contributed by atoms with Gasteiger partial charge in [0.1, 0.15) is 5.75 Å². The zero-order valence-electron chi connectivity index (χ0n) is 20.5. The molecule has 2 aromatic rings. The van der Waals surface area contributed by atoms with Crippen molar-refractivity contribution in [3.05, 3.63) is 65.2 Å². The van der Waals surface area contributed by atoms with Crippen molar-refractivity contribution in [2.75, 3.05) is 39.8 Å². The minimum Gasteiger partial charge on any atom is -0.496 e. The molecule has 34 heavy (non-hydrogen) atoms. The molecule has 6 nitrogen and oxygen atoms in total. The Labute approximate surface area is 203 Å². The standard InChI is InChI=1S/C28H37N3O3/c1-21-9-3-7-13-24(21)28(33)31-19-17-30(18-20-31)26(23-11-4-5-12-23)27(32)29-16-15-22-10-6-8-14-25(22)34-2/h3,6-10,13-14,23,26H,4-5,11-12,15-20H2,1-2H3,(H,29,32)/t26-/m0/s1. The maximum absolute atomic E-state index is 13.4. The third-order valence-corrected chi connectivity index (χ3v) is 7.37. The predicted molar refractivity (Wildman–Crippen MR) is 134 cm³/mol. The third kappa shape index (κ3) is 5.61. The second-order valence-corrected chi connectivity index (χ2v) is 9.49. The minimum atomic E-state index is -0.115. The van der Waals surface area contributed by atoms with Gasteiger partial charge in [-0.1, -0.05) is 49.2 Å². The van der Waals surface area contributed by atoms with Crippen LogP contribution in [0.5, 0.6) is 5.75 Å². The van der Waals surface area contributed by atoms with Crippen LogP contribution in [0.2, 0.25) is 0 Å². The van der Waals surface area contributed by atoms with Gasteiger partial charge in [0.25, 0.3) is 5.91 Å². The highest BCUT2D eigenvalue weighted by atomic mass is 16.5. The first kappa shape index (κ1) is 24.3. The molecule has 0 bridgehead atoms. The highest BCUT2D eigenvalue weighted by Crippen LogP contribution is 2.31. The summed E-state index contributed by atoms with van der Waals surface area (Å²) in [6.45, 7) is 5.36. The summed E-state index contributed by atoms with van der Waals surface area (Å²) in [5.74, 6) is 1.47. The first-order valence-corrected chi connectivity index (χ1v) is 12.6. The quantitative estimate of drug-likeness (QED) is 0.649. The highest BCUT2D eigenvalue weighted by molar-refractivity contribution is 5.95. The molecule has 182 valence electrons. The lowest BCUT2D eigenvalue weighted by Crippen LogP contribution is -2.58. The summed E-state index contributed by atoms with van der Waals surface area (Å²) in [4.78, 5) is 30.7. The molecule has 1 aliphatic carbocycles. The number of hydrogen-bond donors (Lipinski definition) is 1. The van der Waals surface area contributed by atoms with Crippen molar-refractivity contribution in [3.8, 4) is 5.75 Å². The second-order valence-electron chi connectivity index (χ2n) is 9.49. The molecule has 2 amide bonds. The van der Waals surface area contributed by atoms with Gasteiger partial charge in [0.05, 0.1) is 13.2 Å². The topological polar surface area (TPSA) is 61.9 Å². The number of aryl methyl sites for hydroxylation is 1. The molecule has 2 aliphatic rings. The number of benzene rings is 2. The van der Waals surface area contributed by atoms with Crippen LogP contribution >= 0.6 is 0 Å². The number of methoxy groups -OCH3 is 1. The van der Waals surface area contributed by atoms with E-state index in [1.807, 2.05) is 60.4 Å². The Morgan fingerprint density at radius 3 is 2.38 bits per heavy atom. The number of nitrogens with one attached hydrogen (secondary N) is 1. The molecule has 0 unspecified atom stereocenters. The fourth-order valence-electron chi connectivity index (χ4n) is 5.47. The molecule has 0 radical (unpaired) electrons. The number of piperazine rings is 1.